The first-order valence-corrected chi connectivity index (χ1v) is 9.73. The molecule has 8 nitrogen and oxygen atoms in total. The van der Waals surface area contributed by atoms with Crippen LogP contribution in [0.4, 0.5) is 0 Å². The Morgan fingerprint density at radius 2 is 1.96 bits per heavy atom. The van der Waals surface area contributed by atoms with Gasteiger partial charge in [0.2, 0.25) is 10.0 Å². The molecule has 144 valence electrons. The predicted molar refractivity (Wildman–Crippen MR) is 115 cm³/mol. The van der Waals surface area contributed by atoms with Gasteiger partial charge in [-0.05, 0) is 12.1 Å². The highest BCUT2D eigenvalue weighted by atomic mass is 127. The highest BCUT2D eigenvalue weighted by Crippen LogP contribution is 2.09. The first kappa shape index (κ1) is 22.4. The van der Waals surface area contributed by atoms with Crippen molar-refractivity contribution in [2.45, 2.75) is 6.54 Å². The Balaban J connectivity index is 0.00000338. The summed E-state index contributed by atoms with van der Waals surface area (Å²) in [5.41, 5.74) is 2.05. The average molecular weight is 492 g/mol. The van der Waals surface area contributed by atoms with Crippen LogP contribution in [-0.2, 0) is 16.6 Å². The molecular formula is C16H25IN6O2S. The molecule has 0 atom stereocenters. The smallest absolute Gasteiger partial charge is 0.208 e. The summed E-state index contributed by atoms with van der Waals surface area (Å²) in [7, 11) is 0.431. The van der Waals surface area contributed by atoms with E-state index in [0.29, 0.717) is 25.6 Å². The summed E-state index contributed by atoms with van der Waals surface area (Å²) >= 11 is 0. The largest absolute Gasteiger partial charge is 0.355 e. The van der Waals surface area contributed by atoms with Crippen LogP contribution in [0.3, 0.4) is 0 Å². The van der Waals surface area contributed by atoms with Gasteiger partial charge in [0.15, 0.2) is 5.96 Å². The summed E-state index contributed by atoms with van der Waals surface area (Å²) in [6.45, 7) is 1.39. The number of aromatic nitrogens is 2. The second kappa shape index (κ2) is 10.5. The Bertz CT molecular complexity index is 807. The molecule has 0 aliphatic rings. The van der Waals surface area contributed by atoms with Crippen molar-refractivity contribution >= 4 is 40.0 Å². The monoisotopic (exact) mass is 492 g/mol. The molecule has 1 heterocycles. The Labute approximate surface area is 171 Å². The number of nitrogens with one attached hydrogen (secondary N) is 2. The molecule has 2 aromatic rings. The third-order valence-corrected chi connectivity index (χ3v) is 4.15. The molecule has 0 unspecified atom stereocenters. The van der Waals surface area contributed by atoms with Crippen LogP contribution >= 0.6 is 24.0 Å². The van der Waals surface area contributed by atoms with Crippen molar-refractivity contribution < 1.29 is 8.42 Å². The number of halogens is 1. The number of nitrogens with zero attached hydrogens (tertiary/aromatic N) is 4. The maximum atomic E-state index is 11.1. The molecule has 0 spiro atoms. The Kier molecular flexibility index (Phi) is 9.02. The number of guanidine groups is 1. The van der Waals surface area contributed by atoms with Gasteiger partial charge < -0.3 is 10.2 Å². The zero-order chi connectivity index (χ0) is 18.3. The molecule has 1 aromatic heterocycles. The minimum Gasteiger partial charge on any atom is -0.355 e. The van der Waals surface area contributed by atoms with Crippen molar-refractivity contribution in [3.05, 3.63) is 48.3 Å². The van der Waals surface area contributed by atoms with Gasteiger partial charge in [0.1, 0.15) is 0 Å². The second-order valence-corrected chi connectivity index (χ2v) is 7.46. The van der Waals surface area contributed by atoms with E-state index in [-0.39, 0.29) is 24.0 Å². The fraction of sp³-hybridized carbons (Fsp3) is 0.375. The van der Waals surface area contributed by atoms with Crippen LogP contribution in [0.1, 0.15) is 5.56 Å². The lowest BCUT2D eigenvalue weighted by Crippen LogP contribution is -2.42. The summed E-state index contributed by atoms with van der Waals surface area (Å²) < 4.78 is 26.4. The lowest BCUT2D eigenvalue weighted by Gasteiger charge is -2.21. The van der Waals surface area contributed by atoms with Crippen molar-refractivity contribution in [2.24, 2.45) is 4.99 Å². The molecule has 0 radical (unpaired) electrons. The minimum atomic E-state index is -3.18. The first-order chi connectivity index (χ1) is 11.9. The number of para-hydroxylation sites is 1. The van der Waals surface area contributed by atoms with E-state index in [1.54, 1.807) is 7.05 Å². The van der Waals surface area contributed by atoms with E-state index >= 15 is 0 Å². The van der Waals surface area contributed by atoms with E-state index in [2.05, 4.69) is 20.1 Å². The number of hydrogen-bond acceptors (Lipinski definition) is 4. The summed E-state index contributed by atoms with van der Waals surface area (Å²) in [5, 5.41) is 7.50. The van der Waals surface area contributed by atoms with E-state index in [1.807, 2.05) is 59.4 Å². The van der Waals surface area contributed by atoms with Gasteiger partial charge in [0.25, 0.3) is 0 Å². The Hall–Kier alpha value is -1.66. The molecule has 0 saturated heterocycles. The molecule has 0 aliphatic carbocycles. The fourth-order valence-corrected chi connectivity index (χ4v) is 2.78. The average Bonchev–Trinajstić information content (AvgIpc) is 3.03. The summed E-state index contributed by atoms with van der Waals surface area (Å²) in [4.78, 5) is 6.16. The number of hydrogen-bond donors (Lipinski definition) is 2. The molecule has 0 saturated carbocycles. The highest BCUT2D eigenvalue weighted by Gasteiger charge is 2.09. The highest BCUT2D eigenvalue weighted by molar-refractivity contribution is 14.0. The van der Waals surface area contributed by atoms with E-state index in [9.17, 15) is 8.42 Å². The van der Waals surface area contributed by atoms with Crippen LogP contribution in [-0.4, -0.2) is 62.5 Å². The molecule has 0 bridgehead atoms. The van der Waals surface area contributed by atoms with Crippen molar-refractivity contribution in [3.63, 3.8) is 0 Å². The molecular weight excluding hydrogens is 467 g/mol. The molecule has 10 heteroatoms. The number of aliphatic imine (C=N–C) groups is 1. The van der Waals surface area contributed by atoms with Gasteiger partial charge in [-0.25, -0.2) is 17.8 Å². The van der Waals surface area contributed by atoms with Crippen LogP contribution in [0, 0.1) is 0 Å². The van der Waals surface area contributed by atoms with Crippen molar-refractivity contribution in [3.8, 4) is 5.69 Å². The SMILES string of the molecule is CN=C(NCCNS(C)(=O)=O)N(C)Cc1cnn(-c2ccccc2)c1.I. The van der Waals surface area contributed by atoms with Gasteiger partial charge in [-0.1, -0.05) is 18.2 Å². The van der Waals surface area contributed by atoms with Gasteiger partial charge >= 0.3 is 0 Å². The van der Waals surface area contributed by atoms with Crippen LogP contribution < -0.4 is 10.0 Å². The lowest BCUT2D eigenvalue weighted by molar-refractivity contribution is 0.477. The summed E-state index contributed by atoms with van der Waals surface area (Å²) in [6, 6.07) is 9.90. The summed E-state index contributed by atoms with van der Waals surface area (Å²) in [6.07, 6.45) is 4.94. The van der Waals surface area contributed by atoms with Crippen LogP contribution in [0.15, 0.2) is 47.7 Å². The van der Waals surface area contributed by atoms with Gasteiger partial charge in [0.05, 0.1) is 18.1 Å². The maximum absolute atomic E-state index is 11.1. The Morgan fingerprint density at radius 1 is 1.27 bits per heavy atom. The molecule has 1 aromatic carbocycles. The minimum absolute atomic E-state index is 0. The van der Waals surface area contributed by atoms with Crippen LogP contribution in [0.5, 0.6) is 0 Å². The fourth-order valence-electron chi connectivity index (χ4n) is 2.31. The maximum Gasteiger partial charge on any atom is 0.208 e. The second-order valence-electron chi connectivity index (χ2n) is 5.63. The zero-order valence-electron chi connectivity index (χ0n) is 15.1. The van der Waals surface area contributed by atoms with Gasteiger partial charge in [-0.2, -0.15) is 5.10 Å². The normalized spacial score (nSPS) is 11.7. The van der Waals surface area contributed by atoms with E-state index in [1.165, 1.54) is 0 Å². The summed E-state index contributed by atoms with van der Waals surface area (Å²) in [5.74, 6) is 0.683. The molecule has 26 heavy (non-hydrogen) atoms. The van der Waals surface area contributed by atoms with E-state index < -0.39 is 10.0 Å². The molecule has 2 rings (SSSR count). The van der Waals surface area contributed by atoms with E-state index in [0.717, 1.165) is 17.5 Å². The van der Waals surface area contributed by atoms with Gasteiger partial charge in [-0.3, -0.25) is 4.99 Å². The van der Waals surface area contributed by atoms with Crippen molar-refractivity contribution in [1.29, 1.82) is 0 Å². The zero-order valence-corrected chi connectivity index (χ0v) is 18.2. The van der Waals surface area contributed by atoms with E-state index in [4.69, 9.17) is 0 Å². The molecule has 2 N–H and O–H groups in total. The van der Waals surface area contributed by atoms with Gasteiger partial charge in [0, 0.05) is 45.5 Å². The van der Waals surface area contributed by atoms with Crippen molar-refractivity contribution in [1.82, 2.24) is 24.7 Å². The third kappa shape index (κ3) is 7.30. The molecule has 0 aliphatic heterocycles. The molecule has 0 fully saturated rings. The lowest BCUT2D eigenvalue weighted by atomic mass is 10.3. The Morgan fingerprint density at radius 3 is 2.58 bits per heavy atom. The molecule has 0 amide bonds. The van der Waals surface area contributed by atoms with Crippen LogP contribution in [0.2, 0.25) is 0 Å². The van der Waals surface area contributed by atoms with Crippen LogP contribution in [0.25, 0.3) is 5.69 Å². The van der Waals surface area contributed by atoms with Crippen molar-refractivity contribution in [2.75, 3.05) is 33.4 Å². The quantitative estimate of drug-likeness (QED) is 0.261. The van der Waals surface area contributed by atoms with Gasteiger partial charge in [-0.15, -0.1) is 24.0 Å². The topological polar surface area (TPSA) is 91.6 Å². The standard InChI is InChI=1S/C16H24N6O2S.HI/c1-17-16(18-9-10-20-25(3,23)24)21(2)12-14-11-19-22(13-14)15-7-5-4-6-8-15;/h4-8,11,13,20H,9-10,12H2,1-3H3,(H,17,18);1H. The first-order valence-electron chi connectivity index (χ1n) is 7.84. The predicted octanol–water partition coefficient (Wildman–Crippen LogP) is 1.05. The number of rotatable bonds is 7. The third-order valence-electron chi connectivity index (χ3n) is 3.42. The number of sulfonamides is 1. The number of benzene rings is 1.